The molecule has 0 saturated heterocycles. The van der Waals surface area contributed by atoms with E-state index in [-0.39, 0.29) is 32.9 Å². The van der Waals surface area contributed by atoms with E-state index in [4.69, 9.17) is 17.3 Å². The molecule has 0 aliphatic rings. The van der Waals surface area contributed by atoms with Gasteiger partial charge in [-0.25, -0.2) is 9.97 Å². The normalized spacial score (nSPS) is 12.0. The Kier molecular flexibility index (Phi) is 5.42. The van der Waals surface area contributed by atoms with E-state index in [1.54, 1.807) is 6.92 Å². The number of nitrogen functional groups attached to an aromatic ring is 1. The Morgan fingerprint density at radius 3 is 2.45 bits per heavy atom. The van der Waals surface area contributed by atoms with Crippen molar-refractivity contribution in [2.45, 2.75) is 18.1 Å². The highest BCUT2D eigenvalue weighted by molar-refractivity contribution is 7.92. The van der Waals surface area contributed by atoms with Crippen LogP contribution in [0, 0.1) is 6.92 Å². The molecular weight excluding hydrogens is 429 g/mol. The summed E-state index contributed by atoms with van der Waals surface area (Å²) in [6.45, 7) is 1.60. The van der Waals surface area contributed by atoms with E-state index in [0.29, 0.717) is 5.56 Å². The molecule has 3 rings (SSSR count). The molecule has 1 aromatic carbocycles. The molecule has 3 N–H and O–H groups in total. The first-order valence-corrected chi connectivity index (χ1v) is 9.93. The average molecular weight is 443 g/mol. The summed E-state index contributed by atoms with van der Waals surface area (Å²) in [6, 6.07) is 9.88. The SMILES string of the molecule is Cc1ccc(C(F)(F)F)cc1-c1nc(NS(=O)(=O)c2cccc(N)n2)ccc1Cl. The third-order valence-electron chi connectivity index (χ3n) is 3.93. The van der Waals surface area contributed by atoms with Crippen molar-refractivity contribution >= 4 is 33.3 Å². The molecule has 0 amide bonds. The first kappa shape index (κ1) is 20.9. The minimum atomic E-state index is -4.55. The summed E-state index contributed by atoms with van der Waals surface area (Å²) < 4.78 is 66.4. The Labute approximate surface area is 169 Å². The van der Waals surface area contributed by atoms with Gasteiger partial charge < -0.3 is 5.73 Å². The number of halogens is 4. The van der Waals surface area contributed by atoms with Gasteiger partial charge in [0.1, 0.15) is 11.6 Å². The second kappa shape index (κ2) is 7.53. The number of hydrogen-bond acceptors (Lipinski definition) is 5. The Balaban J connectivity index is 2.04. The number of rotatable bonds is 4. The average Bonchev–Trinajstić information content (AvgIpc) is 2.63. The predicted molar refractivity (Wildman–Crippen MR) is 104 cm³/mol. The number of nitrogens with two attached hydrogens (primary N) is 1. The van der Waals surface area contributed by atoms with Crippen molar-refractivity contribution in [2.75, 3.05) is 10.5 Å². The minimum absolute atomic E-state index is 0.0102. The first-order valence-electron chi connectivity index (χ1n) is 8.07. The van der Waals surface area contributed by atoms with Gasteiger partial charge in [-0.05, 0) is 48.9 Å². The van der Waals surface area contributed by atoms with Gasteiger partial charge in [0.25, 0.3) is 10.0 Å². The maximum absolute atomic E-state index is 13.1. The van der Waals surface area contributed by atoms with E-state index in [0.717, 1.165) is 12.1 Å². The van der Waals surface area contributed by atoms with Gasteiger partial charge in [-0.15, -0.1) is 0 Å². The van der Waals surface area contributed by atoms with Crippen LogP contribution in [0.15, 0.2) is 53.6 Å². The zero-order valence-corrected chi connectivity index (χ0v) is 16.4. The summed E-state index contributed by atoms with van der Waals surface area (Å²) in [5.41, 5.74) is 5.27. The molecule has 152 valence electrons. The lowest BCUT2D eigenvalue weighted by Gasteiger charge is -2.14. The molecule has 3 aromatic rings. The molecule has 2 heterocycles. The van der Waals surface area contributed by atoms with E-state index in [9.17, 15) is 21.6 Å². The van der Waals surface area contributed by atoms with Crippen LogP contribution in [0.3, 0.4) is 0 Å². The number of aryl methyl sites for hydroxylation is 1. The number of anilines is 2. The van der Waals surface area contributed by atoms with Crippen LogP contribution >= 0.6 is 11.6 Å². The van der Waals surface area contributed by atoms with E-state index < -0.39 is 21.8 Å². The highest BCUT2D eigenvalue weighted by Gasteiger charge is 2.31. The molecule has 0 radical (unpaired) electrons. The zero-order valence-electron chi connectivity index (χ0n) is 14.8. The van der Waals surface area contributed by atoms with E-state index >= 15 is 0 Å². The van der Waals surface area contributed by atoms with Crippen LogP contribution in [0.2, 0.25) is 5.02 Å². The summed E-state index contributed by atoms with van der Waals surface area (Å²) in [7, 11) is -4.12. The van der Waals surface area contributed by atoms with Crippen LogP contribution in [-0.4, -0.2) is 18.4 Å². The van der Waals surface area contributed by atoms with Crippen molar-refractivity contribution in [1.29, 1.82) is 0 Å². The Bertz CT molecular complexity index is 1180. The molecule has 2 aromatic heterocycles. The van der Waals surface area contributed by atoms with Gasteiger partial charge in [-0.1, -0.05) is 23.7 Å². The van der Waals surface area contributed by atoms with Crippen molar-refractivity contribution in [2.24, 2.45) is 0 Å². The third kappa shape index (κ3) is 4.60. The topological polar surface area (TPSA) is 98.0 Å². The van der Waals surface area contributed by atoms with Gasteiger partial charge >= 0.3 is 6.18 Å². The highest BCUT2D eigenvalue weighted by Crippen LogP contribution is 2.36. The van der Waals surface area contributed by atoms with Crippen molar-refractivity contribution in [3.8, 4) is 11.3 Å². The lowest BCUT2D eigenvalue weighted by atomic mass is 10.0. The minimum Gasteiger partial charge on any atom is -0.384 e. The van der Waals surface area contributed by atoms with Gasteiger partial charge in [0.15, 0.2) is 5.03 Å². The van der Waals surface area contributed by atoms with Crippen LogP contribution in [0.1, 0.15) is 11.1 Å². The van der Waals surface area contributed by atoms with Crippen LogP contribution in [0.5, 0.6) is 0 Å². The number of sulfonamides is 1. The maximum atomic E-state index is 13.1. The van der Waals surface area contributed by atoms with E-state index in [1.165, 1.54) is 36.4 Å². The van der Waals surface area contributed by atoms with Crippen LogP contribution in [0.4, 0.5) is 24.8 Å². The molecule has 0 spiro atoms. The summed E-state index contributed by atoms with van der Waals surface area (Å²) in [5, 5.41) is -0.261. The molecule has 11 heteroatoms. The maximum Gasteiger partial charge on any atom is 0.416 e. The summed E-state index contributed by atoms with van der Waals surface area (Å²) in [4.78, 5) is 7.85. The highest BCUT2D eigenvalue weighted by atomic mass is 35.5. The molecule has 0 aliphatic heterocycles. The van der Waals surface area contributed by atoms with Crippen molar-refractivity contribution in [1.82, 2.24) is 9.97 Å². The first-order chi connectivity index (χ1) is 13.5. The fourth-order valence-corrected chi connectivity index (χ4v) is 3.70. The number of alkyl halides is 3. The molecule has 0 unspecified atom stereocenters. The third-order valence-corrected chi connectivity index (χ3v) is 5.49. The van der Waals surface area contributed by atoms with Gasteiger partial charge in [0, 0.05) is 5.56 Å². The van der Waals surface area contributed by atoms with Crippen molar-refractivity contribution in [3.63, 3.8) is 0 Å². The van der Waals surface area contributed by atoms with Gasteiger partial charge in [0.05, 0.1) is 16.3 Å². The summed E-state index contributed by atoms with van der Waals surface area (Å²) >= 11 is 6.13. The lowest BCUT2D eigenvalue weighted by molar-refractivity contribution is -0.137. The lowest BCUT2D eigenvalue weighted by Crippen LogP contribution is -2.16. The van der Waals surface area contributed by atoms with Crippen LogP contribution in [0.25, 0.3) is 11.3 Å². The molecule has 0 saturated carbocycles. The number of nitrogens with zero attached hydrogens (tertiary/aromatic N) is 2. The van der Waals surface area contributed by atoms with Crippen molar-refractivity contribution < 1.29 is 21.6 Å². The molecule has 6 nitrogen and oxygen atoms in total. The molecule has 0 bridgehead atoms. The summed E-state index contributed by atoms with van der Waals surface area (Å²) in [5.74, 6) is -0.123. The van der Waals surface area contributed by atoms with Gasteiger partial charge in [-0.3, -0.25) is 4.72 Å². The monoisotopic (exact) mass is 442 g/mol. The number of nitrogens with one attached hydrogen (secondary N) is 1. The Morgan fingerprint density at radius 2 is 1.79 bits per heavy atom. The fourth-order valence-electron chi connectivity index (χ4n) is 2.51. The Hall–Kier alpha value is -2.85. The molecule has 0 aliphatic carbocycles. The second-order valence-corrected chi connectivity index (χ2v) is 8.10. The molecule has 0 fully saturated rings. The van der Waals surface area contributed by atoms with Crippen LogP contribution in [-0.2, 0) is 16.2 Å². The molecule has 0 atom stereocenters. The smallest absolute Gasteiger partial charge is 0.384 e. The van der Waals surface area contributed by atoms with Gasteiger partial charge in [0.2, 0.25) is 0 Å². The molecular formula is C18H14ClF3N4O2S. The fraction of sp³-hybridized carbons (Fsp3) is 0.111. The Morgan fingerprint density at radius 1 is 1.07 bits per heavy atom. The van der Waals surface area contributed by atoms with Crippen molar-refractivity contribution in [3.05, 3.63) is 64.7 Å². The van der Waals surface area contributed by atoms with Gasteiger partial charge in [-0.2, -0.15) is 21.6 Å². The number of aromatic nitrogens is 2. The number of pyridine rings is 2. The van der Waals surface area contributed by atoms with E-state index in [2.05, 4.69) is 14.7 Å². The van der Waals surface area contributed by atoms with E-state index in [1.807, 2.05) is 0 Å². The standard InChI is InChI=1S/C18H14ClF3N4O2S/c1-10-5-6-11(18(20,21)22)9-12(10)17-13(19)7-8-15(25-17)26-29(27,28)16-4-2-3-14(23)24-16/h2-9H,1H3,(H2,23,24)(H,25,26). The zero-order chi connectivity index (χ0) is 21.4. The number of hydrogen-bond donors (Lipinski definition) is 2. The van der Waals surface area contributed by atoms with Crippen LogP contribution < -0.4 is 10.5 Å². The summed E-state index contributed by atoms with van der Waals surface area (Å²) in [6.07, 6.45) is -4.55. The number of benzene rings is 1. The second-order valence-electron chi connectivity index (χ2n) is 6.06. The molecule has 29 heavy (non-hydrogen) atoms. The quantitative estimate of drug-likeness (QED) is 0.619. The predicted octanol–water partition coefficient (Wildman–Crippen LogP) is 4.51. The largest absolute Gasteiger partial charge is 0.416 e.